The van der Waals surface area contributed by atoms with Gasteiger partial charge in [0.2, 0.25) is 15.9 Å². The number of sulfonamides is 1. The molecule has 0 fully saturated rings. The molecule has 1 aromatic heterocycles. The lowest BCUT2D eigenvalue weighted by molar-refractivity contribution is -0.123. The smallest absolute Gasteiger partial charge is 0.238 e. The van der Waals surface area contributed by atoms with Gasteiger partial charge in [0, 0.05) is 24.0 Å². The average molecular weight is 396 g/mol. The molecular weight excluding hydrogens is 374 g/mol. The fraction of sp³-hybridized carbons (Fsp3) is 0.333. The monoisotopic (exact) mass is 395 g/mol. The van der Waals surface area contributed by atoms with Crippen LogP contribution in [0.5, 0.6) is 0 Å². The summed E-state index contributed by atoms with van der Waals surface area (Å²) in [6, 6.07) is 9.31. The minimum atomic E-state index is -3.69. The number of nitrogens with zero attached hydrogens (tertiary/aromatic N) is 1. The van der Waals surface area contributed by atoms with Gasteiger partial charge in [-0.2, -0.15) is 0 Å². The molecule has 0 saturated heterocycles. The summed E-state index contributed by atoms with van der Waals surface area (Å²) in [6.45, 7) is 3.87. The van der Waals surface area contributed by atoms with Crippen LogP contribution in [0.1, 0.15) is 25.0 Å². The summed E-state index contributed by atoms with van der Waals surface area (Å²) < 4.78 is 27.4. The highest BCUT2D eigenvalue weighted by Gasteiger charge is 2.27. The van der Waals surface area contributed by atoms with Gasteiger partial charge >= 0.3 is 0 Å². The van der Waals surface area contributed by atoms with E-state index in [-0.39, 0.29) is 24.1 Å². The van der Waals surface area contributed by atoms with Crippen LogP contribution < -0.4 is 10.0 Å². The van der Waals surface area contributed by atoms with Gasteiger partial charge in [-0.25, -0.2) is 13.1 Å². The number of carbonyl (C=O) groups excluding carboxylic acids is 1. The molecule has 0 bridgehead atoms. The molecule has 0 radical (unpaired) electrons. The Labute approximate surface area is 159 Å². The topological polar surface area (TPSA) is 88.2 Å². The third-order valence-electron chi connectivity index (χ3n) is 3.72. The van der Waals surface area contributed by atoms with Crippen molar-refractivity contribution in [2.75, 3.05) is 0 Å². The van der Waals surface area contributed by atoms with Crippen molar-refractivity contribution in [1.29, 1.82) is 0 Å². The van der Waals surface area contributed by atoms with Crippen molar-refractivity contribution in [3.8, 4) is 0 Å². The second-order valence-electron chi connectivity index (χ2n) is 6.30. The SMILES string of the molecule is CC(C)[C@@H](NS(=O)(=O)Cc1ccc(Cl)cc1)C(=O)NCc1cccnc1. The van der Waals surface area contributed by atoms with Crippen LogP contribution in [0.15, 0.2) is 48.8 Å². The first-order valence-corrected chi connectivity index (χ1v) is 10.2. The molecule has 0 saturated carbocycles. The molecule has 0 aliphatic heterocycles. The zero-order valence-corrected chi connectivity index (χ0v) is 16.2. The van der Waals surface area contributed by atoms with Gasteiger partial charge in [0.05, 0.1) is 5.75 Å². The van der Waals surface area contributed by atoms with Crippen molar-refractivity contribution in [2.24, 2.45) is 5.92 Å². The highest BCUT2D eigenvalue weighted by Crippen LogP contribution is 2.13. The van der Waals surface area contributed by atoms with E-state index in [1.54, 1.807) is 56.6 Å². The Balaban J connectivity index is 2.01. The first kappa shape index (κ1) is 20.4. The molecule has 1 atom stereocenters. The molecule has 0 aliphatic carbocycles. The number of hydrogen-bond acceptors (Lipinski definition) is 4. The Morgan fingerprint density at radius 2 is 1.85 bits per heavy atom. The highest BCUT2D eigenvalue weighted by molar-refractivity contribution is 7.88. The molecule has 2 rings (SSSR count). The Morgan fingerprint density at radius 1 is 1.15 bits per heavy atom. The number of rotatable bonds is 8. The van der Waals surface area contributed by atoms with Crippen LogP contribution >= 0.6 is 11.6 Å². The maximum Gasteiger partial charge on any atom is 0.238 e. The van der Waals surface area contributed by atoms with Gasteiger partial charge < -0.3 is 5.32 Å². The number of carbonyl (C=O) groups is 1. The van der Waals surface area contributed by atoms with Crippen LogP contribution in [-0.2, 0) is 27.1 Å². The van der Waals surface area contributed by atoms with Crippen molar-refractivity contribution < 1.29 is 13.2 Å². The number of halogens is 1. The Morgan fingerprint density at radius 3 is 2.42 bits per heavy atom. The van der Waals surface area contributed by atoms with Crippen LogP contribution in [0.4, 0.5) is 0 Å². The quantitative estimate of drug-likeness (QED) is 0.718. The predicted molar refractivity (Wildman–Crippen MR) is 102 cm³/mol. The molecule has 2 N–H and O–H groups in total. The fourth-order valence-electron chi connectivity index (χ4n) is 2.33. The summed E-state index contributed by atoms with van der Waals surface area (Å²) in [4.78, 5) is 16.4. The van der Waals surface area contributed by atoms with Gasteiger partial charge in [-0.1, -0.05) is 43.6 Å². The highest BCUT2D eigenvalue weighted by atomic mass is 35.5. The normalized spacial score (nSPS) is 12.8. The molecule has 1 aromatic carbocycles. The summed E-state index contributed by atoms with van der Waals surface area (Å²) in [7, 11) is -3.69. The first-order valence-electron chi connectivity index (χ1n) is 8.18. The van der Waals surface area contributed by atoms with Gasteiger partial charge in [0.15, 0.2) is 0 Å². The number of amides is 1. The molecule has 8 heteroatoms. The van der Waals surface area contributed by atoms with E-state index in [1.807, 2.05) is 6.07 Å². The van der Waals surface area contributed by atoms with Gasteiger partial charge in [-0.05, 0) is 35.2 Å². The third-order valence-corrected chi connectivity index (χ3v) is 5.29. The number of hydrogen-bond donors (Lipinski definition) is 2. The largest absolute Gasteiger partial charge is 0.351 e. The van der Waals surface area contributed by atoms with E-state index >= 15 is 0 Å². The summed E-state index contributed by atoms with van der Waals surface area (Å²) in [6.07, 6.45) is 3.29. The van der Waals surface area contributed by atoms with E-state index in [4.69, 9.17) is 11.6 Å². The maximum absolute atomic E-state index is 12.5. The standard InChI is InChI=1S/C18H22ClN3O3S/c1-13(2)17(18(23)21-11-15-4-3-9-20-10-15)22-26(24,25)12-14-5-7-16(19)8-6-14/h3-10,13,17,22H,11-12H2,1-2H3,(H,21,23)/t17-/m1/s1. The molecule has 2 aromatic rings. The molecule has 26 heavy (non-hydrogen) atoms. The van der Waals surface area contributed by atoms with Crippen molar-refractivity contribution in [1.82, 2.24) is 15.0 Å². The molecule has 6 nitrogen and oxygen atoms in total. The molecular formula is C18H22ClN3O3S. The van der Waals surface area contributed by atoms with E-state index in [2.05, 4.69) is 15.0 Å². The van der Waals surface area contributed by atoms with Crippen LogP contribution in [0.2, 0.25) is 5.02 Å². The van der Waals surface area contributed by atoms with Crippen LogP contribution in [0.25, 0.3) is 0 Å². The lowest BCUT2D eigenvalue weighted by Crippen LogP contribution is -2.49. The zero-order chi connectivity index (χ0) is 19.2. The number of aromatic nitrogens is 1. The van der Waals surface area contributed by atoms with Crippen LogP contribution in [-0.4, -0.2) is 25.4 Å². The lowest BCUT2D eigenvalue weighted by atomic mass is 10.0. The summed E-state index contributed by atoms with van der Waals surface area (Å²) in [5.74, 6) is -0.795. The lowest BCUT2D eigenvalue weighted by Gasteiger charge is -2.21. The number of pyridine rings is 1. The summed E-state index contributed by atoms with van der Waals surface area (Å²) in [5, 5.41) is 3.29. The molecule has 0 unspecified atom stereocenters. The molecule has 1 heterocycles. The predicted octanol–water partition coefficient (Wildman–Crippen LogP) is 2.50. The van der Waals surface area contributed by atoms with Gasteiger partial charge in [-0.15, -0.1) is 0 Å². The summed E-state index contributed by atoms with van der Waals surface area (Å²) >= 11 is 5.81. The van der Waals surface area contributed by atoms with Crippen molar-refractivity contribution >= 4 is 27.5 Å². The van der Waals surface area contributed by atoms with Crippen LogP contribution in [0.3, 0.4) is 0 Å². The summed E-state index contributed by atoms with van der Waals surface area (Å²) in [5.41, 5.74) is 1.44. The molecule has 0 spiro atoms. The Kier molecular flexibility index (Phi) is 7.14. The van der Waals surface area contributed by atoms with E-state index in [9.17, 15) is 13.2 Å². The van der Waals surface area contributed by atoms with Crippen molar-refractivity contribution in [2.45, 2.75) is 32.2 Å². The number of benzene rings is 1. The van der Waals surface area contributed by atoms with E-state index in [1.165, 1.54) is 0 Å². The number of nitrogens with one attached hydrogen (secondary N) is 2. The third kappa shape index (κ3) is 6.40. The Hall–Kier alpha value is -1.96. The molecule has 140 valence electrons. The minimum absolute atomic E-state index is 0.205. The van der Waals surface area contributed by atoms with Crippen molar-refractivity contribution in [3.05, 3.63) is 64.9 Å². The van der Waals surface area contributed by atoms with Crippen molar-refractivity contribution in [3.63, 3.8) is 0 Å². The minimum Gasteiger partial charge on any atom is -0.351 e. The van der Waals surface area contributed by atoms with Gasteiger partial charge in [0.25, 0.3) is 0 Å². The fourth-order valence-corrected chi connectivity index (χ4v) is 3.94. The van der Waals surface area contributed by atoms with Crippen LogP contribution in [0, 0.1) is 5.92 Å². The maximum atomic E-state index is 12.5. The van der Waals surface area contributed by atoms with Gasteiger partial charge in [0.1, 0.15) is 6.04 Å². The zero-order valence-electron chi connectivity index (χ0n) is 14.6. The second-order valence-corrected chi connectivity index (χ2v) is 8.49. The van der Waals surface area contributed by atoms with E-state index in [0.29, 0.717) is 10.6 Å². The average Bonchev–Trinajstić information content (AvgIpc) is 2.60. The van der Waals surface area contributed by atoms with Gasteiger partial charge in [-0.3, -0.25) is 9.78 Å². The Bertz CT molecular complexity index is 825. The first-order chi connectivity index (χ1) is 12.3. The van der Waals surface area contributed by atoms with E-state index < -0.39 is 16.1 Å². The van der Waals surface area contributed by atoms with E-state index in [0.717, 1.165) is 5.56 Å². The molecule has 0 aliphatic rings. The molecule has 1 amide bonds. The second kappa shape index (κ2) is 9.12.